The average Bonchev–Trinajstić information content (AvgIpc) is 1.94. The van der Waals surface area contributed by atoms with E-state index in [0.29, 0.717) is 12.1 Å². The van der Waals surface area contributed by atoms with E-state index in [0.717, 1.165) is 0 Å². The third-order valence-corrected chi connectivity index (χ3v) is 3.24. The van der Waals surface area contributed by atoms with Gasteiger partial charge in [0.15, 0.2) is 0 Å². The third kappa shape index (κ3) is 6.44. The Morgan fingerprint density at radius 3 is 1.71 bits per heavy atom. The summed E-state index contributed by atoms with van der Waals surface area (Å²) in [5, 5.41) is 0. The molecule has 0 heterocycles. The van der Waals surface area contributed by atoms with E-state index in [1.54, 1.807) is 0 Å². The number of nitrogens with zero attached hydrogens (tertiary/aromatic N) is 1. The zero-order valence-electron chi connectivity index (χ0n) is 10.8. The summed E-state index contributed by atoms with van der Waals surface area (Å²) in [5.74, 6) is 2.23. The Morgan fingerprint density at radius 2 is 1.43 bits per heavy atom. The quantitative estimate of drug-likeness (QED) is 0.630. The van der Waals surface area contributed by atoms with Crippen molar-refractivity contribution in [2.24, 2.45) is 0 Å². The van der Waals surface area contributed by atoms with Crippen LogP contribution in [0.25, 0.3) is 0 Å². The van der Waals surface area contributed by atoms with Gasteiger partial charge in [0.2, 0.25) is 7.41 Å². The topological polar surface area (TPSA) is 3.24 Å². The molecule has 0 aliphatic rings. The molecular weight excluding hydrogens is 185 g/mol. The van der Waals surface area contributed by atoms with E-state index >= 15 is 0 Å². The second-order valence-electron chi connectivity index (χ2n) is 5.51. The molecule has 0 bridgehead atoms. The molecular formula is C11H25BNSi. The van der Waals surface area contributed by atoms with Crippen molar-refractivity contribution < 1.29 is 0 Å². The van der Waals surface area contributed by atoms with Crippen molar-refractivity contribution in [2.75, 3.05) is 0 Å². The van der Waals surface area contributed by atoms with Crippen LogP contribution in [0.1, 0.15) is 27.7 Å². The van der Waals surface area contributed by atoms with Gasteiger partial charge in [-0.25, -0.2) is 0 Å². The van der Waals surface area contributed by atoms with Gasteiger partial charge in [-0.3, -0.25) is 0 Å². The Kier molecular flexibility index (Phi) is 5.76. The molecule has 81 valence electrons. The summed E-state index contributed by atoms with van der Waals surface area (Å²) in [4.78, 5) is 2.39. The van der Waals surface area contributed by atoms with Crippen LogP contribution in [0.2, 0.25) is 19.6 Å². The Morgan fingerprint density at radius 1 is 1.00 bits per heavy atom. The lowest BCUT2D eigenvalue weighted by molar-refractivity contribution is 0.315. The molecule has 1 radical (unpaired) electrons. The first kappa shape index (κ1) is 14.0. The molecule has 3 heteroatoms. The van der Waals surface area contributed by atoms with Crippen LogP contribution in [0.3, 0.4) is 0 Å². The van der Waals surface area contributed by atoms with Crippen LogP contribution in [-0.4, -0.2) is 32.4 Å². The fraction of sp³-hybridized carbons (Fsp3) is 0.818. The molecule has 0 N–H and O–H groups in total. The highest BCUT2D eigenvalue weighted by Crippen LogP contribution is 2.05. The third-order valence-electron chi connectivity index (χ3n) is 2.05. The molecule has 0 fully saturated rings. The predicted molar refractivity (Wildman–Crippen MR) is 70.4 cm³/mol. The van der Waals surface area contributed by atoms with Crippen molar-refractivity contribution >= 4 is 15.5 Å². The van der Waals surface area contributed by atoms with Crippen LogP contribution in [0.4, 0.5) is 0 Å². The Labute approximate surface area is 91.8 Å². The number of hydrogen-bond acceptors (Lipinski definition) is 1. The maximum atomic E-state index is 2.39. The Bertz CT molecular complexity index is 174. The zero-order chi connectivity index (χ0) is 11.4. The van der Waals surface area contributed by atoms with E-state index in [9.17, 15) is 0 Å². The van der Waals surface area contributed by atoms with Crippen molar-refractivity contribution in [3.8, 4) is 0 Å². The minimum absolute atomic E-state index is 0.585. The Balaban J connectivity index is 4.14. The van der Waals surface area contributed by atoms with Crippen molar-refractivity contribution in [1.82, 2.24) is 4.81 Å². The van der Waals surface area contributed by atoms with Crippen molar-refractivity contribution in [2.45, 2.75) is 59.4 Å². The SMILES string of the molecule is CC(C)N([B]/C=C/[Si](C)(C)C)C(C)C. The molecule has 0 saturated heterocycles. The smallest absolute Gasteiger partial charge is 0.239 e. The van der Waals surface area contributed by atoms with Crippen LogP contribution in [0.15, 0.2) is 11.7 Å². The molecule has 14 heavy (non-hydrogen) atoms. The van der Waals surface area contributed by atoms with Gasteiger partial charge in [0.1, 0.15) is 0 Å². The first-order valence-corrected chi connectivity index (χ1v) is 9.12. The van der Waals surface area contributed by atoms with Gasteiger partial charge < -0.3 is 4.81 Å². The van der Waals surface area contributed by atoms with E-state index in [2.05, 4.69) is 71.2 Å². The maximum absolute atomic E-state index is 2.39. The molecule has 0 saturated carbocycles. The first-order valence-electron chi connectivity index (χ1n) is 5.54. The highest BCUT2D eigenvalue weighted by Gasteiger charge is 2.13. The van der Waals surface area contributed by atoms with Crippen LogP contribution in [-0.2, 0) is 0 Å². The molecule has 0 rings (SSSR count). The lowest BCUT2D eigenvalue weighted by Gasteiger charge is -2.29. The molecule has 0 amide bonds. The molecule has 0 aromatic carbocycles. The minimum Gasteiger partial charge on any atom is -0.338 e. The van der Waals surface area contributed by atoms with Gasteiger partial charge in [-0.15, -0.1) is 11.7 Å². The maximum Gasteiger partial charge on any atom is 0.239 e. The molecule has 0 aromatic rings. The number of hydrogen-bond donors (Lipinski definition) is 0. The predicted octanol–water partition coefficient (Wildman–Crippen LogP) is 3.12. The van der Waals surface area contributed by atoms with Gasteiger partial charge in [0.25, 0.3) is 0 Å². The molecule has 0 aliphatic carbocycles. The van der Waals surface area contributed by atoms with Crippen LogP contribution in [0, 0.1) is 0 Å². The van der Waals surface area contributed by atoms with Crippen molar-refractivity contribution in [1.29, 1.82) is 0 Å². The highest BCUT2D eigenvalue weighted by atomic mass is 28.3. The largest absolute Gasteiger partial charge is 0.338 e. The Hall–Kier alpha value is -0.0182. The van der Waals surface area contributed by atoms with E-state index in [1.165, 1.54) is 0 Å². The molecule has 0 aromatic heterocycles. The summed E-state index contributed by atoms with van der Waals surface area (Å²) >= 11 is 0. The van der Waals surface area contributed by atoms with Crippen LogP contribution < -0.4 is 0 Å². The monoisotopic (exact) mass is 210 g/mol. The summed E-state index contributed by atoms with van der Waals surface area (Å²) in [6.07, 6.45) is 0. The van der Waals surface area contributed by atoms with Gasteiger partial charge in [0, 0.05) is 0 Å². The van der Waals surface area contributed by atoms with Gasteiger partial charge in [-0.1, -0.05) is 47.3 Å². The van der Waals surface area contributed by atoms with Gasteiger partial charge in [-0.05, 0) is 12.1 Å². The summed E-state index contributed by atoms with van der Waals surface area (Å²) in [5.41, 5.74) is 2.38. The molecule has 0 atom stereocenters. The van der Waals surface area contributed by atoms with Crippen LogP contribution in [0.5, 0.6) is 0 Å². The standard InChI is InChI=1S/C11H25BNSi/c1-10(2)13(11(3)4)12-8-9-14(5,6)7/h8-11H,1-7H3/b9-8+. The summed E-state index contributed by atoms with van der Waals surface area (Å²) in [6.45, 7) is 16.0. The highest BCUT2D eigenvalue weighted by molar-refractivity contribution is 6.81. The van der Waals surface area contributed by atoms with Crippen molar-refractivity contribution in [3.63, 3.8) is 0 Å². The van der Waals surface area contributed by atoms with Gasteiger partial charge >= 0.3 is 0 Å². The fourth-order valence-electron chi connectivity index (χ4n) is 1.37. The minimum atomic E-state index is -1.03. The molecule has 0 spiro atoms. The van der Waals surface area contributed by atoms with Gasteiger partial charge in [-0.2, -0.15) is 0 Å². The molecule has 0 unspecified atom stereocenters. The summed E-state index contributed by atoms with van der Waals surface area (Å²) < 4.78 is 0. The molecule has 0 aliphatic heterocycles. The molecule has 1 nitrogen and oxygen atoms in total. The normalized spacial score (nSPS) is 13.6. The van der Waals surface area contributed by atoms with Crippen LogP contribution >= 0.6 is 0 Å². The van der Waals surface area contributed by atoms with E-state index in [1.807, 2.05) is 0 Å². The number of rotatable bonds is 5. The summed E-state index contributed by atoms with van der Waals surface area (Å²) in [6, 6.07) is 1.17. The fourth-order valence-corrected chi connectivity index (χ4v) is 2.04. The lowest BCUT2D eigenvalue weighted by atomic mass is 9.88. The van der Waals surface area contributed by atoms with Gasteiger partial charge in [0.05, 0.1) is 8.07 Å². The van der Waals surface area contributed by atoms with E-state index in [-0.39, 0.29) is 0 Å². The van der Waals surface area contributed by atoms with E-state index in [4.69, 9.17) is 0 Å². The summed E-state index contributed by atoms with van der Waals surface area (Å²) in [7, 11) is 1.20. The second kappa shape index (κ2) is 5.76. The first-order chi connectivity index (χ1) is 6.24. The van der Waals surface area contributed by atoms with E-state index < -0.39 is 8.07 Å². The zero-order valence-corrected chi connectivity index (χ0v) is 11.8. The average molecular weight is 210 g/mol. The van der Waals surface area contributed by atoms with Crippen molar-refractivity contribution in [3.05, 3.63) is 11.7 Å². The lowest BCUT2D eigenvalue weighted by Crippen LogP contribution is -2.39. The second-order valence-corrected chi connectivity index (χ2v) is 10.6.